The summed E-state index contributed by atoms with van der Waals surface area (Å²) in [7, 11) is -3.48. The Hall–Kier alpha value is -2.38. The topological polar surface area (TPSA) is 75.7 Å². The minimum Gasteiger partial charge on any atom is -0.481 e. The Bertz CT molecular complexity index is 987. The van der Waals surface area contributed by atoms with Crippen LogP contribution < -0.4 is 10.1 Å². The summed E-state index contributed by atoms with van der Waals surface area (Å²) in [6.07, 6.45) is 2.16. The largest absolute Gasteiger partial charge is 0.481 e. The molecule has 0 bridgehead atoms. The second-order valence-electron chi connectivity index (χ2n) is 9.01. The minimum atomic E-state index is -3.48. The zero-order valence-corrected chi connectivity index (χ0v) is 19.5. The molecule has 1 saturated heterocycles. The monoisotopic (exact) mass is 444 g/mol. The fraction of sp³-hybridized carbons (Fsp3) is 0.458. The Morgan fingerprint density at radius 3 is 2.10 bits per heavy atom. The molecule has 168 valence electrons. The molecule has 1 aliphatic heterocycles. The standard InChI is InChI=1S/C24H32N2O4S/c1-18(30-21-12-8-19(9-13-21)24(2,3)4)23(27)25-20-10-14-22(15-11-20)31(28,29)26-16-6-5-7-17-26/h8-15,18H,5-7,16-17H2,1-4H3,(H,25,27). The maximum absolute atomic E-state index is 12.7. The summed E-state index contributed by atoms with van der Waals surface area (Å²) in [6, 6.07) is 14.0. The molecule has 6 nitrogen and oxygen atoms in total. The molecule has 1 aliphatic rings. The molecular weight excluding hydrogens is 412 g/mol. The molecule has 0 saturated carbocycles. The quantitative estimate of drug-likeness (QED) is 0.708. The van der Waals surface area contributed by atoms with Crippen LogP contribution >= 0.6 is 0 Å². The zero-order chi connectivity index (χ0) is 22.6. The van der Waals surface area contributed by atoms with Crippen molar-refractivity contribution in [2.75, 3.05) is 18.4 Å². The number of nitrogens with one attached hydrogen (secondary N) is 1. The maximum Gasteiger partial charge on any atom is 0.265 e. The Kier molecular flexibility index (Phi) is 7.06. The van der Waals surface area contributed by atoms with Crippen LogP contribution in [0.1, 0.15) is 52.5 Å². The average molecular weight is 445 g/mol. The normalized spacial score (nSPS) is 16.5. The highest BCUT2D eigenvalue weighted by molar-refractivity contribution is 7.89. The zero-order valence-electron chi connectivity index (χ0n) is 18.7. The molecule has 1 atom stereocenters. The van der Waals surface area contributed by atoms with Crippen LogP contribution in [0.3, 0.4) is 0 Å². The maximum atomic E-state index is 12.7. The van der Waals surface area contributed by atoms with Gasteiger partial charge in [-0.25, -0.2) is 8.42 Å². The highest BCUT2D eigenvalue weighted by Gasteiger charge is 2.26. The van der Waals surface area contributed by atoms with E-state index in [-0.39, 0.29) is 16.2 Å². The van der Waals surface area contributed by atoms with Gasteiger partial charge in [0, 0.05) is 18.8 Å². The van der Waals surface area contributed by atoms with Gasteiger partial charge in [0.05, 0.1) is 4.90 Å². The van der Waals surface area contributed by atoms with E-state index in [9.17, 15) is 13.2 Å². The predicted molar refractivity (Wildman–Crippen MR) is 123 cm³/mol. The molecular formula is C24H32N2O4S. The lowest BCUT2D eigenvalue weighted by molar-refractivity contribution is -0.122. The van der Waals surface area contributed by atoms with E-state index in [4.69, 9.17) is 4.74 Å². The van der Waals surface area contributed by atoms with Crippen LogP contribution in [0, 0.1) is 0 Å². The van der Waals surface area contributed by atoms with Crippen molar-refractivity contribution in [3.8, 4) is 5.75 Å². The van der Waals surface area contributed by atoms with E-state index < -0.39 is 16.1 Å². The van der Waals surface area contributed by atoms with Crippen molar-refractivity contribution in [2.45, 2.75) is 63.4 Å². The summed E-state index contributed by atoms with van der Waals surface area (Å²) in [5.74, 6) is 0.324. The predicted octanol–water partition coefficient (Wildman–Crippen LogP) is 4.56. The van der Waals surface area contributed by atoms with Gasteiger partial charge in [0.2, 0.25) is 10.0 Å². The number of carbonyl (C=O) groups is 1. The third-order valence-electron chi connectivity index (χ3n) is 5.48. The van der Waals surface area contributed by atoms with Crippen molar-refractivity contribution in [1.29, 1.82) is 0 Å². The third kappa shape index (κ3) is 5.86. The number of amides is 1. The van der Waals surface area contributed by atoms with E-state index in [2.05, 4.69) is 26.1 Å². The van der Waals surface area contributed by atoms with Gasteiger partial charge in [-0.2, -0.15) is 4.31 Å². The van der Waals surface area contributed by atoms with E-state index in [1.54, 1.807) is 19.1 Å². The number of hydrogen-bond acceptors (Lipinski definition) is 4. The first-order valence-corrected chi connectivity index (χ1v) is 12.2. The van der Waals surface area contributed by atoms with Crippen LogP contribution in [0.4, 0.5) is 5.69 Å². The Morgan fingerprint density at radius 1 is 0.968 bits per heavy atom. The third-order valence-corrected chi connectivity index (χ3v) is 7.39. The van der Waals surface area contributed by atoms with Crippen LogP contribution in [0.5, 0.6) is 5.75 Å². The number of rotatable bonds is 6. The van der Waals surface area contributed by atoms with Gasteiger partial charge in [-0.1, -0.05) is 39.3 Å². The molecule has 0 spiro atoms. The van der Waals surface area contributed by atoms with Crippen LogP contribution in [0.25, 0.3) is 0 Å². The van der Waals surface area contributed by atoms with Gasteiger partial charge in [0.15, 0.2) is 6.10 Å². The van der Waals surface area contributed by atoms with Crippen molar-refractivity contribution in [3.63, 3.8) is 0 Å². The highest BCUT2D eigenvalue weighted by Crippen LogP contribution is 2.25. The molecule has 0 aromatic heterocycles. The van der Waals surface area contributed by atoms with Gasteiger partial charge in [0.25, 0.3) is 5.91 Å². The Morgan fingerprint density at radius 2 is 1.55 bits per heavy atom. The smallest absolute Gasteiger partial charge is 0.265 e. The van der Waals surface area contributed by atoms with Gasteiger partial charge in [-0.05, 0) is 67.1 Å². The van der Waals surface area contributed by atoms with Crippen LogP contribution in [-0.4, -0.2) is 37.8 Å². The van der Waals surface area contributed by atoms with Gasteiger partial charge < -0.3 is 10.1 Å². The summed E-state index contributed by atoms with van der Waals surface area (Å²) in [6.45, 7) is 9.23. The second-order valence-corrected chi connectivity index (χ2v) is 11.0. The molecule has 3 rings (SSSR count). The van der Waals surface area contributed by atoms with E-state index >= 15 is 0 Å². The first-order valence-electron chi connectivity index (χ1n) is 10.8. The Labute approximate surface area is 185 Å². The lowest BCUT2D eigenvalue weighted by Gasteiger charge is -2.25. The number of carbonyl (C=O) groups excluding carboxylic acids is 1. The van der Waals surface area contributed by atoms with E-state index in [1.165, 1.54) is 22.0 Å². The van der Waals surface area contributed by atoms with Crippen molar-refractivity contribution >= 4 is 21.6 Å². The molecule has 1 N–H and O–H groups in total. The first-order chi connectivity index (χ1) is 14.6. The molecule has 0 radical (unpaired) electrons. The number of ether oxygens (including phenoxy) is 1. The molecule has 1 heterocycles. The fourth-order valence-electron chi connectivity index (χ4n) is 3.50. The van der Waals surface area contributed by atoms with Crippen LogP contribution in [0.2, 0.25) is 0 Å². The lowest BCUT2D eigenvalue weighted by atomic mass is 9.87. The summed E-state index contributed by atoms with van der Waals surface area (Å²) in [5.41, 5.74) is 1.77. The molecule has 2 aromatic carbocycles. The van der Waals surface area contributed by atoms with Gasteiger partial charge in [-0.15, -0.1) is 0 Å². The Balaban J connectivity index is 1.59. The molecule has 7 heteroatoms. The lowest BCUT2D eigenvalue weighted by Crippen LogP contribution is -2.35. The van der Waals surface area contributed by atoms with Gasteiger partial charge in [-0.3, -0.25) is 4.79 Å². The molecule has 2 aromatic rings. The summed E-state index contributed by atoms with van der Waals surface area (Å²) in [4.78, 5) is 12.8. The number of anilines is 1. The van der Waals surface area contributed by atoms with Gasteiger partial charge in [0.1, 0.15) is 5.75 Å². The number of nitrogens with zero attached hydrogens (tertiary/aromatic N) is 1. The second kappa shape index (κ2) is 9.40. The molecule has 1 amide bonds. The molecule has 1 fully saturated rings. The summed E-state index contributed by atoms with van der Waals surface area (Å²) >= 11 is 0. The minimum absolute atomic E-state index is 0.0508. The summed E-state index contributed by atoms with van der Waals surface area (Å²) < 4.78 is 32.8. The first kappa shape index (κ1) is 23.3. The van der Waals surface area contributed by atoms with E-state index in [0.717, 1.165) is 19.3 Å². The van der Waals surface area contributed by atoms with Crippen molar-refractivity contribution in [1.82, 2.24) is 4.31 Å². The fourth-order valence-corrected chi connectivity index (χ4v) is 5.02. The van der Waals surface area contributed by atoms with E-state index in [1.807, 2.05) is 24.3 Å². The molecule has 31 heavy (non-hydrogen) atoms. The van der Waals surface area contributed by atoms with Gasteiger partial charge >= 0.3 is 0 Å². The molecule has 0 aliphatic carbocycles. The average Bonchev–Trinajstić information content (AvgIpc) is 2.74. The number of sulfonamides is 1. The highest BCUT2D eigenvalue weighted by atomic mass is 32.2. The number of piperidine rings is 1. The van der Waals surface area contributed by atoms with Crippen molar-refractivity contribution in [3.05, 3.63) is 54.1 Å². The van der Waals surface area contributed by atoms with Crippen LogP contribution in [0.15, 0.2) is 53.4 Å². The number of benzene rings is 2. The van der Waals surface area contributed by atoms with Crippen molar-refractivity contribution in [2.24, 2.45) is 0 Å². The SMILES string of the molecule is CC(Oc1ccc(C(C)(C)C)cc1)C(=O)Nc1ccc(S(=O)(=O)N2CCCCC2)cc1. The van der Waals surface area contributed by atoms with Crippen LogP contribution in [-0.2, 0) is 20.2 Å². The summed E-state index contributed by atoms with van der Waals surface area (Å²) in [5, 5.41) is 2.78. The number of hydrogen-bond donors (Lipinski definition) is 1. The van der Waals surface area contributed by atoms with E-state index in [0.29, 0.717) is 24.5 Å². The molecule has 1 unspecified atom stereocenters. The van der Waals surface area contributed by atoms with Crippen molar-refractivity contribution < 1.29 is 17.9 Å².